The molecule has 2 aliphatic heterocycles. The lowest BCUT2D eigenvalue weighted by atomic mass is 9.73. The molecule has 0 amide bonds. The van der Waals surface area contributed by atoms with Crippen molar-refractivity contribution in [3.05, 3.63) is 12.2 Å². The van der Waals surface area contributed by atoms with Gasteiger partial charge in [0, 0.05) is 11.5 Å². The number of ether oxygens (including phenoxy) is 1. The fraction of sp³-hybridized carbons (Fsp3) is 0.800. The van der Waals surface area contributed by atoms with Crippen LogP contribution in [0.1, 0.15) is 19.8 Å². The van der Waals surface area contributed by atoms with Crippen molar-refractivity contribution in [3.8, 4) is 0 Å². The standard InChI is InChI=1S/C10H17NO/c1-8(2)9-5-10(3-4-11-9)6-12-7-10/h9,11H,1,3-7H2,2H3. The summed E-state index contributed by atoms with van der Waals surface area (Å²) in [6.07, 6.45) is 2.50. The Kier molecular flexibility index (Phi) is 1.97. The Morgan fingerprint density at radius 3 is 2.83 bits per heavy atom. The van der Waals surface area contributed by atoms with Gasteiger partial charge in [-0.3, -0.25) is 0 Å². The van der Waals surface area contributed by atoms with Crippen molar-refractivity contribution in [3.63, 3.8) is 0 Å². The maximum Gasteiger partial charge on any atom is 0.0545 e. The van der Waals surface area contributed by atoms with Crippen LogP contribution in [0.4, 0.5) is 0 Å². The highest BCUT2D eigenvalue weighted by Crippen LogP contribution is 2.39. The van der Waals surface area contributed by atoms with Crippen LogP contribution in [0.5, 0.6) is 0 Å². The smallest absolute Gasteiger partial charge is 0.0545 e. The second-order valence-corrected chi connectivity index (χ2v) is 4.30. The van der Waals surface area contributed by atoms with Gasteiger partial charge in [0.2, 0.25) is 0 Å². The number of rotatable bonds is 1. The summed E-state index contributed by atoms with van der Waals surface area (Å²) in [4.78, 5) is 0. The number of piperidine rings is 1. The van der Waals surface area contributed by atoms with Crippen LogP contribution in [-0.2, 0) is 4.74 Å². The molecule has 0 aromatic carbocycles. The van der Waals surface area contributed by atoms with E-state index in [1.807, 2.05) is 0 Å². The van der Waals surface area contributed by atoms with E-state index in [-0.39, 0.29) is 0 Å². The summed E-state index contributed by atoms with van der Waals surface area (Å²) in [6.45, 7) is 9.17. The fourth-order valence-corrected chi connectivity index (χ4v) is 2.12. The SMILES string of the molecule is C=C(C)C1CC2(CCN1)COC2. The lowest BCUT2D eigenvalue weighted by molar-refractivity contribution is -0.131. The Morgan fingerprint density at radius 2 is 2.33 bits per heavy atom. The molecule has 1 N–H and O–H groups in total. The van der Waals surface area contributed by atoms with E-state index in [1.165, 1.54) is 18.4 Å². The van der Waals surface area contributed by atoms with Crippen LogP contribution < -0.4 is 5.32 Å². The van der Waals surface area contributed by atoms with Gasteiger partial charge in [0.1, 0.15) is 0 Å². The molecule has 2 heterocycles. The molecular formula is C10H17NO. The maximum absolute atomic E-state index is 5.29. The number of nitrogens with one attached hydrogen (secondary N) is 1. The van der Waals surface area contributed by atoms with Crippen LogP contribution in [-0.4, -0.2) is 25.8 Å². The van der Waals surface area contributed by atoms with Crippen molar-refractivity contribution < 1.29 is 4.74 Å². The predicted molar refractivity (Wildman–Crippen MR) is 49.1 cm³/mol. The van der Waals surface area contributed by atoms with Crippen LogP contribution in [0.2, 0.25) is 0 Å². The van der Waals surface area contributed by atoms with Crippen molar-refractivity contribution in [2.45, 2.75) is 25.8 Å². The molecular weight excluding hydrogens is 150 g/mol. The Hall–Kier alpha value is -0.340. The molecule has 0 radical (unpaired) electrons. The molecule has 0 bridgehead atoms. The third-order valence-corrected chi connectivity index (χ3v) is 3.09. The van der Waals surface area contributed by atoms with Crippen LogP contribution >= 0.6 is 0 Å². The van der Waals surface area contributed by atoms with Gasteiger partial charge in [-0.15, -0.1) is 0 Å². The first-order valence-corrected chi connectivity index (χ1v) is 4.68. The normalized spacial score (nSPS) is 32.9. The monoisotopic (exact) mass is 167 g/mol. The first kappa shape index (κ1) is 8.27. The molecule has 0 aromatic heterocycles. The van der Waals surface area contributed by atoms with E-state index in [0.29, 0.717) is 11.5 Å². The molecule has 2 aliphatic rings. The Bertz CT molecular complexity index is 196. The molecule has 0 aliphatic carbocycles. The molecule has 1 atom stereocenters. The topological polar surface area (TPSA) is 21.3 Å². The third kappa shape index (κ3) is 1.29. The number of hydrogen-bond acceptors (Lipinski definition) is 2. The molecule has 2 nitrogen and oxygen atoms in total. The number of hydrogen-bond donors (Lipinski definition) is 1. The molecule has 1 spiro atoms. The summed E-state index contributed by atoms with van der Waals surface area (Å²) in [5.41, 5.74) is 1.77. The third-order valence-electron chi connectivity index (χ3n) is 3.09. The second kappa shape index (κ2) is 2.86. The van der Waals surface area contributed by atoms with E-state index < -0.39 is 0 Å². The Morgan fingerprint density at radius 1 is 1.58 bits per heavy atom. The highest BCUT2D eigenvalue weighted by atomic mass is 16.5. The highest BCUT2D eigenvalue weighted by molar-refractivity contribution is 5.08. The van der Waals surface area contributed by atoms with E-state index in [9.17, 15) is 0 Å². The van der Waals surface area contributed by atoms with Crippen molar-refractivity contribution in [2.24, 2.45) is 5.41 Å². The first-order chi connectivity index (χ1) is 5.72. The van der Waals surface area contributed by atoms with Crippen LogP contribution in [0.25, 0.3) is 0 Å². The van der Waals surface area contributed by atoms with Gasteiger partial charge in [-0.1, -0.05) is 12.2 Å². The summed E-state index contributed by atoms with van der Waals surface area (Å²) in [7, 11) is 0. The van der Waals surface area contributed by atoms with E-state index in [4.69, 9.17) is 4.74 Å². The van der Waals surface area contributed by atoms with Gasteiger partial charge in [-0.05, 0) is 26.3 Å². The lowest BCUT2D eigenvalue weighted by Crippen LogP contribution is -2.53. The predicted octanol–water partition coefficient (Wildman–Crippen LogP) is 1.33. The molecule has 2 heteroatoms. The highest BCUT2D eigenvalue weighted by Gasteiger charge is 2.42. The second-order valence-electron chi connectivity index (χ2n) is 4.30. The van der Waals surface area contributed by atoms with Gasteiger partial charge in [-0.25, -0.2) is 0 Å². The van der Waals surface area contributed by atoms with Gasteiger partial charge in [-0.2, -0.15) is 0 Å². The minimum atomic E-state index is 0.509. The molecule has 12 heavy (non-hydrogen) atoms. The van der Waals surface area contributed by atoms with Crippen LogP contribution in [0.15, 0.2) is 12.2 Å². The van der Waals surface area contributed by atoms with E-state index >= 15 is 0 Å². The summed E-state index contributed by atoms with van der Waals surface area (Å²) in [5.74, 6) is 0. The average Bonchev–Trinajstić information content (AvgIpc) is 2.02. The molecule has 2 rings (SSSR count). The van der Waals surface area contributed by atoms with Gasteiger partial charge < -0.3 is 10.1 Å². The lowest BCUT2D eigenvalue weighted by Gasteiger charge is -2.47. The summed E-state index contributed by atoms with van der Waals surface area (Å²) in [6, 6.07) is 0.530. The molecule has 2 fully saturated rings. The zero-order chi connectivity index (χ0) is 8.60. The average molecular weight is 167 g/mol. The Labute approximate surface area is 74.0 Å². The van der Waals surface area contributed by atoms with Gasteiger partial charge in [0.05, 0.1) is 13.2 Å². The largest absolute Gasteiger partial charge is 0.380 e. The molecule has 0 saturated carbocycles. The molecule has 2 saturated heterocycles. The fourth-order valence-electron chi connectivity index (χ4n) is 2.12. The quantitative estimate of drug-likeness (QED) is 0.595. The zero-order valence-corrected chi connectivity index (χ0v) is 7.73. The molecule has 1 unspecified atom stereocenters. The minimum Gasteiger partial charge on any atom is -0.380 e. The van der Waals surface area contributed by atoms with E-state index in [1.54, 1.807) is 0 Å². The summed E-state index contributed by atoms with van der Waals surface area (Å²) >= 11 is 0. The summed E-state index contributed by atoms with van der Waals surface area (Å²) < 4.78 is 5.29. The van der Waals surface area contributed by atoms with Crippen molar-refractivity contribution in [1.82, 2.24) is 5.32 Å². The zero-order valence-electron chi connectivity index (χ0n) is 7.73. The van der Waals surface area contributed by atoms with Gasteiger partial charge >= 0.3 is 0 Å². The summed E-state index contributed by atoms with van der Waals surface area (Å²) in [5, 5.41) is 3.49. The van der Waals surface area contributed by atoms with E-state index in [2.05, 4.69) is 18.8 Å². The molecule has 68 valence electrons. The van der Waals surface area contributed by atoms with E-state index in [0.717, 1.165) is 19.8 Å². The van der Waals surface area contributed by atoms with Crippen molar-refractivity contribution >= 4 is 0 Å². The van der Waals surface area contributed by atoms with Gasteiger partial charge in [0.15, 0.2) is 0 Å². The van der Waals surface area contributed by atoms with Crippen LogP contribution in [0.3, 0.4) is 0 Å². The molecule has 0 aromatic rings. The van der Waals surface area contributed by atoms with Crippen molar-refractivity contribution in [2.75, 3.05) is 19.8 Å². The Balaban J connectivity index is 1.98. The first-order valence-electron chi connectivity index (χ1n) is 4.68. The van der Waals surface area contributed by atoms with Crippen molar-refractivity contribution in [1.29, 1.82) is 0 Å². The van der Waals surface area contributed by atoms with Crippen LogP contribution in [0, 0.1) is 5.41 Å². The van der Waals surface area contributed by atoms with Gasteiger partial charge in [0.25, 0.3) is 0 Å². The maximum atomic E-state index is 5.29. The minimum absolute atomic E-state index is 0.509.